The van der Waals surface area contributed by atoms with Crippen LogP contribution in [-0.2, 0) is 0 Å². The molecule has 0 fully saturated rings. The van der Waals surface area contributed by atoms with Crippen molar-refractivity contribution in [1.29, 1.82) is 0 Å². The number of fused-ring (bicyclic) bond motifs is 1. The molecule has 2 aliphatic rings. The van der Waals surface area contributed by atoms with E-state index in [-0.39, 0.29) is 0 Å². The number of nitrogens with zero attached hydrogens (tertiary/aromatic N) is 1. The Labute approximate surface area is 34.4 Å². The minimum Gasteiger partial charge on any atom is -0.324 e. The van der Waals surface area contributed by atoms with Crippen molar-refractivity contribution < 1.29 is 0 Å². The Balaban J connectivity index is 2.95. The molecular weight excluding hydrogens is 78.1 g/mol. The molecule has 0 saturated heterocycles. The quantitative estimate of drug-likeness (QED) is 0.484. The lowest BCUT2D eigenvalue weighted by molar-refractivity contribution is 1.16. The molecule has 0 aromatic carbocycles. The van der Waals surface area contributed by atoms with E-state index in [1.165, 1.54) is 0 Å². The second kappa shape index (κ2) is 0.448. The fraction of sp³-hybridized carbons (Fsp3) is 0. The van der Waals surface area contributed by atoms with Crippen LogP contribution in [0.2, 0.25) is 0 Å². The smallest absolute Gasteiger partial charge is 0.155 e. The number of nitrogens with one attached hydrogen (secondary N) is 2. The molecular formula is C3H3N3. The van der Waals surface area contributed by atoms with Gasteiger partial charge in [-0.2, -0.15) is 5.10 Å². The molecule has 3 heteroatoms. The van der Waals surface area contributed by atoms with Gasteiger partial charge in [-0.15, -0.1) is 0 Å². The van der Waals surface area contributed by atoms with Crippen LogP contribution in [0.5, 0.6) is 0 Å². The summed E-state index contributed by atoms with van der Waals surface area (Å²) < 4.78 is 0. The highest BCUT2D eigenvalue weighted by molar-refractivity contribution is 5.65. The molecule has 2 aliphatic heterocycles. The third kappa shape index (κ3) is 0.0843. The standard InChI is InChI=1S/C3H3N3/c1-2-4-3(1)6-5-2/h1H,(H2,4,5,6). The number of aromatic nitrogens is 2. The zero-order valence-corrected chi connectivity index (χ0v) is 3.02. The van der Waals surface area contributed by atoms with Gasteiger partial charge in [-0.3, -0.25) is 5.10 Å². The van der Waals surface area contributed by atoms with Crippen molar-refractivity contribution in [3.63, 3.8) is 0 Å². The van der Waals surface area contributed by atoms with E-state index >= 15 is 0 Å². The summed E-state index contributed by atoms with van der Waals surface area (Å²) in [6.45, 7) is 0. The first-order valence-electron chi connectivity index (χ1n) is 1.77. The van der Waals surface area contributed by atoms with E-state index in [2.05, 4.69) is 15.5 Å². The van der Waals surface area contributed by atoms with Crippen molar-refractivity contribution in [1.82, 2.24) is 10.2 Å². The molecule has 30 valence electrons. The van der Waals surface area contributed by atoms with Crippen molar-refractivity contribution in [2.24, 2.45) is 0 Å². The van der Waals surface area contributed by atoms with Crippen LogP contribution in [0.1, 0.15) is 0 Å². The van der Waals surface area contributed by atoms with Gasteiger partial charge in [0.15, 0.2) is 5.82 Å². The van der Waals surface area contributed by atoms with E-state index in [0.29, 0.717) is 0 Å². The van der Waals surface area contributed by atoms with Gasteiger partial charge in [-0.05, 0) is 0 Å². The van der Waals surface area contributed by atoms with Gasteiger partial charge in [0.1, 0.15) is 5.82 Å². The molecule has 0 saturated carbocycles. The van der Waals surface area contributed by atoms with Gasteiger partial charge in [-0.25, -0.2) is 0 Å². The first-order valence-corrected chi connectivity index (χ1v) is 1.77. The Morgan fingerprint density at radius 3 is 2.67 bits per heavy atom. The van der Waals surface area contributed by atoms with Crippen molar-refractivity contribution >= 4 is 11.6 Å². The first kappa shape index (κ1) is 2.23. The topological polar surface area (TPSA) is 40.7 Å². The fourth-order valence-corrected chi connectivity index (χ4v) is 0.510. The number of rotatable bonds is 0. The Morgan fingerprint density at radius 2 is 2.50 bits per heavy atom. The lowest BCUT2D eigenvalue weighted by atomic mass is 10.4. The Hall–Kier alpha value is -0.990. The predicted octanol–water partition coefficient (Wildman–Crippen LogP) is 0.467. The van der Waals surface area contributed by atoms with Crippen molar-refractivity contribution in [3.05, 3.63) is 6.07 Å². The molecule has 0 amide bonds. The Kier molecular flexibility index (Phi) is 0.166. The molecule has 0 spiro atoms. The minimum atomic E-state index is 0.949. The number of hydrogen-bond acceptors (Lipinski definition) is 2. The summed E-state index contributed by atoms with van der Waals surface area (Å²) in [4.78, 5) is 0. The SMILES string of the molecule is c1c2n[nH]c1N2. The summed E-state index contributed by atoms with van der Waals surface area (Å²) in [6.07, 6.45) is 0. The van der Waals surface area contributed by atoms with E-state index in [4.69, 9.17) is 0 Å². The third-order valence-corrected chi connectivity index (χ3v) is 0.841. The van der Waals surface area contributed by atoms with Crippen LogP contribution in [0, 0.1) is 0 Å². The number of hydrogen-bond donors (Lipinski definition) is 2. The maximum absolute atomic E-state index is 3.77. The van der Waals surface area contributed by atoms with Crippen molar-refractivity contribution in [2.75, 3.05) is 5.32 Å². The summed E-state index contributed by atoms with van der Waals surface area (Å²) in [5, 5.41) is 9.42. The van der Waals surface area contributed by atoms with Crippen LogP contribution in [0.4, 0.5) is 11.6 Å². The molecule has 2 bridgehead atoms. The van der Waals surface area contributed by atoms with E-state index < -0.39 is 0 Å². The average Bonchev–Trinajstić information content (AvgIpc) is 1.72. The van der Waals surface area contributed by atoms with Crippen molar-refractivity contribution in [2.45, 2.75) is 0 Å². The highest BCUT2D eigenvalue weighted by atomic mass is 15.3. The lowest BCUT2D eigenvalue weighted by Crippen LogP contribution is -1.90. The second-order valence-corrected chi connectivity index (χ2v) is 1.29. The van der Waals surface area contributed by atoms with Crippen LogP contribution in [-0.4, -0.2) is 10.2 Å². The van der Waals surface area contributed by atoms with E-state index in [1.807, 2.05) is 6.07 Å². The molecule has 3 rings (SSSR count). The van der Waals surface area contributed by atoms with Gasteiger partial charge in [0, 0.05) is 6.07 Å². The largest absolute Gasteiger partial charge is 0.324 e. The minimum absolute atomic E-state index is 0.949. The van der Waals surface area contributed by atoms with Gasteiger partial charge >= 0.3 is 0 Å². The van der Waals surface area contributed by atoms with Crippen LogP contribution in [0.3, 0.4) is 0 Å². The summed E-state index contributed by atoms with van der Waals surface area (Å²) in [5.74, 6) is 1.97. The first-order chi connectivity index (χ1) is 2.95. The normalized spacial score (nSPS) is 12.7. The molecule has 3 heterocycles. The summed E-state index contributed by atoms with van der Waals surface area (Å²) in [7, 11) is 0. The highest BCUT2D eigenvalue weighted by Gasteiger charge is 2.08. The van der Waals surface area contributed by atoms with E-state index in [9.17, 15) is 0 Å². The summed E-state index contributed by atoms with van der Waals surface area (Å²) in [6, 6.07) is 1.94. The van der Waals surface area contributed by atoms with E-state index in [0.717, 1.165) is 11.6 Å². The van der Waals surface area contributed by atoms with E-state index in [1.54, 1.807) is 0 Å². The summed E-state index contributed by atoms with van der Waals surface area (Å²) >= 11 is 0. The Bertz CT molecular complexity index is 142. The fourth-order valence-electron chi connectivity index (χ4n) is 0.510. The molecule has 6 heavy (non-hydrogen) atoms. The molecule has 0 unspecified atom stereocenters. The number of anilines is 2. The van der Waals surface area contributed by atoms with Crippen LogP contribution in [0.15, 0.2) is 6.07 Å². The van der Waals surface area contributed by atoms with Gasteiger partial charge in [0.05, 0.1) is 0 Å². The van der Waals surface area contributed by atoms with Crippen LogP contribution >= 0.6 is 0 Å². The highest BCUT2D eigenvalue weighted by Crippen LogP contribution is 2.22. The molecule has 1 aromatic heterocycles. The van der Waals surface area contributed by atoms with Gasteiger partial charge in [0.25, 0.3) is 0 Å². The molecule has 2 N–H and O–H groups in total. The van der Waals surface area contributed by atoms with Crippen LogP contribution in [0.25, 0.3) is 0 Å². The zero-order chi connectivity index (χ0) is 3.98. The van der Waals surface area contributed by atoms with Crippen molar-refractivity contribution in [3.8, 4) is 0 Å². The number of H-pyrrole nitrogens is 1. The maximum Gasteiger partial charge on any atom is 0.155 e. The second-order valence-electron chi connectivity index (χ2n) is 1.29. The van der Waals surface area contributed by atoms with Gasteiger partial charge in [-0.1, -0.05) is 0 Å². The van der Waals surface area contributed by atoms with Gasteiger partial charge in [0.2, 0.25) is 0 Å². The molecule has 0 aliphatic carbocycles. The number of aromatic amines is 1. The molecule has 0 atom stereocenters. The maximum atomic E-state index is 3.77. The predicted molar refractivity (Wildman–Crippen MR) is 21.9 cm³/mol. The van der Waals surface area contributed by atoms with Gasteiger partial charge < -0.3 is 5.32 Å². The Morgan fingerprint density at radius 1 is 1.67 bits per heavy atom. The summed E-state index contributed by atoms with van der Waals surface area (Å²) in [5.41, 5.74) is 0. The molecule has 1 aromatic rings. The zero-order valence-electron chi connectivity index (χ0n) is 3.02. The third-order valence-electron chi connectivity index (χ3n) is 0.841. The van der Waals surface area contributed by atoms with Crippen LogP contribution < -0.4 is 5.32 Å². The molecule has 3 nitrogen and oxygen atoms in total. The lowest BCUT2D eigenvalue weighted by Gasteiger charge is -1.98. The monoisotopic (exact) mass is 81.0 g/mol. The molecule has 0 radical (unpaired) electrons. The average molecular weight is 81.1 g/mol.